The summed E-state index contributed by atoms with van der Waals surface area (Å²) in [6, 6.07) is 1.58. The van der Waals surface area contributed by atoms with E-state index in [2.05, 4.69) is 0 Å². The molecule has 0 aliphatic rings. The van der Waals surface area contributed by atoms with Crippen molar-refractivity contribution in [1.29, 1.82) is 0 Å². The maximum Gasteiger partial charge on any atom is 0.154 e. The van der Waals surface area contributed by atoms with E-state index in [1.54, 1.807) is 6.07 Å². The average Bonchev–Trinajstić information content (AvgIpc) is 2.08. The molecule has 1 aromatic carbocycles. The summed E-state index contributed by atoms with van der Waals surface area (Å²) in [4.78, 5) is 0.754. The average molecular weight is 244 g/mol. The number of hydrogen-bond donors (Lipinski definition) is 1. The largest absolute Gasteiger partial charge is 0.505 e. The van der Waals surface area contributed by atoms with Crippen LogP contribution in [0.25, 0.3) is 0 Å². The fourth-order valence-electron chi connectivity index (χ4n) is 0.712. The number of benzene rings is 1. The molecule has 0 aromatic heterocycles. The molecule has 1 rings (SSSR count). The molecule has 0 atom stereocenters. The normalized spacial score (nSPS) is 10.3. The van der Waals surface area contributed by atoms with Crippen LogP contribution in [0.15, 0.2) is 11.0 Å². The minimum atomic E-state index is -0.166. The van der Waals surface area contributed by atoms with Gasteiger partial charge in [-0.15, -0.1) is 11.8 Å². The van der Waals surface area contributed by atoms with Gasteiger partial charge in [0.25, 0.3) is 0 Å². The third-order valence-corrected chi connectivity index (χ3v) is 3.34. The number of hydrogen-bond acceptors (Lipinski definition) is 2. The van der Waals surface area contributed by atoms with Gasteiger partial charge in [0.1, 0.15) is 5.02 Å². The lowest BCUT2D eigenvalue weighted by atomic mass is 10.3. The molecular weight excluding hydrogens is 239 g/mol. The third-order valence-electron chi connectivity index (χ3n) is 1.32. The van der Waals surface area contributed by atoms with Crippen LogP contribution in [-0.2, 0) is 0 Å². The minimum absolute atomic E-state index is 0.105. The van der Waals surface area contributed by atoms with E-state index in [0.717, 1.165) is 4.90 Å². The van der Waals surface area contributed by atoms with E-state index in [4.69, 9.17) is 34.8 Å². The van der Waals surface area contributed by atoms with Crippen LogP contribution >= 0.6 is 46.6 Å². The lowest BCUT2D eigenvalue weighted by Crippen LogP contribution is -1.78. The molecule has 12 heavy (non-hydrogen) atoms. The first kappa shape index (κ1) is 10.3. The van der Waals surface area contributed by atoms with Gasteiger partial charge in [0.2, 0.25) is 0 Å². The maximum absolute atomic E-state index is 9.25. The zero-order valence-corrected chi connectivity index (χ0v) is 9.15. The highest BCUT2D eigenvalue weighted by molar-refractivity contribution is 7.98. The summed E-state index contributed by atoms with van der Waals surface area (Å²) in [5.74, 6) is -0.166. The first-order valence-corrected chi connectivity index (χ1v) is 5.34. The first-order chi connectivity index (χ1) is 5.57. The summed E-state index contributed by atoms with van der Waals surface area (Å²) in [6.45, 7) is 0. The van der Waals surface area contributed by atoms with Gasteiger partial charge in [-0.2, -0.15) is 0 Å². The molecule has 0 radical (unpaired) electrons. The van der Waals surface area contributed by atoms with E-state index in [0.29, 0.717) is 5.02 Å². The molecule has 0 amide bonds. The monoisotopic (exact) mass is 242 g/mol. The summed E-state index contributed by atoms with van der Waals surface area (Å²) in [7, 11) is 0. The third kappa shape index (κ3) is 1.77. The summed E-state index contributed by atoms with van der Waals surface area (Å²) >= 11 is 18.6. The zero-order chi connectivity index (χ0) is 9.30. The van der Waals surface area contributed by atoms with Gasteiger partial charge in [0, 0.05) is 4.90 Å². The second kappa shape index (κ2) is 3.97. The van der Waals surface area contributed by atoms with Crippen molar-refractivity contribution in [2.75, 3.05) is 6.26 Å². The van der Waals surface area contributed by atoms with Gasteiger partial charge in [0.05, 0.1) is 10.0 Å². The van der Waals surface area contributed by atoms with E-state index >= 15 is 0 Å². The Morgan fingerprint density at radius 3 is 2.33 bits per heavy atom. The molecule has 0 saturated carbocycles. The molecule has 0 heterocycles. The summed E-state index contributed by atoms with van der Waals surface area (Å²) in [5.41, 5.74) is 0. The van der Waals surface area contributed by atoms with Crippen molar-refractivity contribution in [1.82, 2.24) is 0 Å². The minimum Gasteiger partial charge on any atom is -0.505 e. The Morgan fingerprint density at radius 2 is 1.83 bits per heavy atom. The number of aromatic hydroxyl groups is 1. The van der Waals surface area contributed by atoms with Crippen LogP contribution in [0.4, 0.5) is 0 Å². The van der Waals surface area contributed by atoms with Crippen molar-refractivity contribution < 1.29 is 5.11 Å². The maximum atomic E-state index is 9.25. The Labute approximate surface area is 89.6 Å². The molecule has 1 aromatic rings. The summed E-state index contributed by atoms with van der Waals surface area (Å²) < 4.78 is 0. The fourth-order valence-corrected chi connectivity index (χ4v) is 2.18. The SMILES string of the molecule is CSc1cc(Cl)c(O)c(Cl)c1Cl. The van der Waals surface area contributed by atoms with Crippen molar-refractivity contribution in [2.45, 2.75) is 4.90 Å². The molecule has 5 heteroatoms. The Morgan fingerprint density at radius 1 is 1.25 bits per heavy atom. The van der Waals surface area contributed by atoms with Gasteiger partial charge < -0.3 is 5.11 Å². The molecule has 1 N–H and O–H groups in total. The van der Waals surface area contributed by atoms with E-state index in [1.807, 2.05) is 6.26 Å². The lowest BCUT2D eigenvalue weighted by Gasteiger charge is -2.05. The second-order valence-corrected chi connectivity index (χ2v) is 4.05. The van der Waals surface area contributed by atoms with Gasteiger partial charge in [-0.3, -0.25) is 0 Å². The molecule has 0 aliphatic carbocycles. The second-order valence-electron chi connectivity index (χ2n) is 2.04. The summed E-state index contributed by atoms with van der Waals surface area (Å²) in [6.07, 6.45) is 1.85. The van der Waals surface area contributed by atoms with Crippen molar-refractivity contribution in [3.8, 4) is 5.75 Å². The molecule has 0 spiro atoms. The van der Waals surface area contributed by atoms with Crippen molar-refractivity contribution in [3.63, 3.8) is 0 Å². The topological polar surface area (TPSA) is 20.2 Å². The Bertz CT molecular complexity index is 314. The standard InChI is InChI=1S/C7H5Cl3OS/c1-12-4-2-3(8)7(11)6(10)5(4)9/h2,11H,1H3. The molecule has 0 aliphatic heterocycles. The fraction of sp³-hybridized carbons (Fsp3) is 0.143. The molecule has 0 bridgehead atoms. The Kier molecular flexibility index (Phi) is 3.41. The number of phenols is 1. The van der Waals surface area contributed by atoms with Crippen LogP contribution in [0.2, 0.25) is 15.1 Å². The quantitative estimate of drug-likeness (QED) is 0.592. The molecule has 0 fully saturated rings. The van der Waals surface area contributed by atoms with Crippen molar-refractivity contribution >= 4 is 46.6 Å². The molecule has 0 unspecified atom stereocenters. The number of rotatable bonds is 1. The first-order valence-electron chi connectivity index (χ1n) is 2.98. The van der Waals surface area contributed by atoms with Gasteiger partial charge in [-0.1, -0.05) is 34.8 Å². The lowest BCUT2D eigenvalue weighted by molar-refractivity contribution is 0.475. The van der Waals surface area contributed by atoms with Crippen molar-refractivity contribution in [2.24, 2.45) is 0 Å². The van der Waals surface area contributed by atoms with Gasteiger partial charge >= 0.3 is 0 Å². The predicted octanol–water partition coefficient (Wildman–Crippen LogP) is 4.07. The van der Waals surface area contributed by atoms with Crippen LogP contribution in [0.1, 0.15) is 0 Å². The number of thioether (sulfide) groups is 1. The van der Waals surface area contributed by atoms with E-state index < -0.39 is 0 Å². The van der Waals surface area contributed by atoms with Crippen LogP contribution in [0.5, 0.6) is 5.75 Å². The molecule has 0 saturated heterocycles. The molecule has 66 valence electrons. The predicted molar refractivity (Wildman–Crippen MR) is 54.9 cm³/mol. The van der Waals surface area contributed by atoms with Crippen LogP contribution in [0.3, 0.4) is 0 Å². The van der Waals surface area contributed by atoms with Gasteiger partial charge in [-0.05, 0) is 12.3 Å². The van der Waals surface area contributed by atoms with Crippen LogP contribution in [0, 0.1) is 0 Å². The Hall–Kier alpha value is 0.240. The highest BCUT2D eigenvalue weighted by Crippen LogP contribution is 2.42. The van der Waals surface area contributed by atoms with Crippen LogP contribution in [-0.4, -0.2) is 11.4 Å². The molecular formula is C7H5Cl3OS. The van der Waals surface area contributed by atoms with Gasteiger partial charge in [-0.25, -0.2) is 0 Å². The Balaban J connectivity index is 3.39. The molecule has 1 nitrogen and oxygen atoms in total. The van der Waals surface area contributed by atoms with E-state index in [9.17, 15) is 5.11 Å². The van der Waals surface area contributed by atoms with E-state index in [-0.39, 0.29) is 15.8 Å². The number of phenolic OH excluding ortho intramolecular Hbond substituents is 1. The van der Waals surface area contributed by atoms with Crippen molar-refractivity contribution in [3.05, 3.63) is 21.1 Å². The highest BCUT2D eigenvalue weighted by Gasteiger charge is 2.12. The van der Waals surface area contributed by atoms with Crippen LogP contribution < -0.4 is 0 Å². The van der Waals surface area contributed by atoms with E-state index in [1.165, 1.54) is 11.8 Å². The summed E-state index contributed by atoms with van der Waals surface area (Å²) in [5, 5.41) is 9.91. The highest BCUT2D eigenvalue weighted by atomic mass is 35.5. The number of halogens is 3. The zero-order valence-electron chi connectivity index (χ0n) is 6.07. The van der Waals surface area contributed by atoms with Gasteiger partial charge in [0.15, 0.2) is 5.75 Å². The smallest absolute Gasteiger partial charge is 0.154 e.